The van der Waals surface area contributed by atoms with Crippen LogP contribution in [0.4, 0.5) is 0 Å². The zero-order chi connectivity index (χ0) is 16.2. The minimum absolute atomic E-state index is 0. The summed E-state index contributed by atoms with van der Waals surface area (Å²) in [5.74, 6) is 0. The van der Waals surface area contributed by atoms with Gasteiger partial charge < -0.3 is 30.6 Å². The topological polar surface area (TPSA) is 138 Å². The van der Waals surface area contributed by atoms with Crippen LogP contribution in [0.5, 0.6) is 0 Å². The molecular weight excluding hydrogens is 328 g/mol. The summed E-state index contributed by atoms with van der Waals surface area (Å²) in [5.41, 5.74) is 0. The van der Waals surface area contributed by atoms with E-state index in [2.05, 4.69) is 0 Å². The van der Waals surface area contributed by atoms with E-state index in [1.165, 1.54) is 0 Å². The molecule has 0 unspecified atom stereocenters. The first kappa shape index (κ1) is 49.5. The molecule has 0 aliphatic carbocycles. The Morgan fingerprint density at radius 2 is 0.400 bits per heavy atom. The van der Waals surface area contributed by atoms with Crippen LogP contribution in [0.3, 0.4) is 0 Å². The van der Waals surface area contributed by atoms with Crippen molar-refractivity contribution in [1.82, 2.24) is 0 Å². The second-order valence-electron chi connectivity index (χ2n) is 1.73. The van der Waals surface area contributed by atoms with E-state index in [4.69, 9.17) is 30.6 Å². The summed E-state index contributed by atoms with van der Waals surface area (Å²) >= 11 is 0. The van der Waals surface area contributed by atoms with E-state index < -0.39 is 0 Å². The van der Waals surface area contributed by atoms with Gasteiger partial charge in [0.05, 0.1) is 0 Å². The van der Waals surface area contributed by atoms with Crippen molar-refractivity contribution in [2.45, 2.75) is 41.5 Å². The molecule has 6 nitrogen and oxygen atoms in total. The van der Waals surface area contributed by atoms with Crippen molar-refractivity contribution in [1.29, 1.82) is 0 Å². The summed E-state index contributed by atoms with van der Waals surface area (Å²) < 4.78 is 0. The van der Waals surface area contributed by atoms with Crippen LogP contribution in [0.15, 0.2) is 0 Å². The fourth-order valence-electron chi connectivity index (χ4n) is 0. The number of hydrogen-bond donors (Lipinski definition) is 0. The molecule has 0 bridgehead atoms. The predicted octanol–water partition coefficient (Wildman–Crippen LogP) is -4.18. The molecule has 0 rings (SSSR count). The van der Waals surface area contributed by atoms with Gasteiger partial charge in [-0.05, 0) is 0 Å². The van der Waals surface area contributed by atoms with Crippen LogP contribution >= 0.6 is 0 Å². The van der Waals surface area contributed by atoms with Gasteiger partial charge in [-0.1, -0.05) is 41.5 Å². The minimum Gasteiger partial charge on any atom is -0.855 e. The van der Waals surface area contributed by atoms with Gasteiger partial charge in [-0.15, -0.1) is 39.6 Å². The molecule has 0 atom stereocenters. The van der Waals surface area contributed by atoms with Gasteiger partial charge in [0.15, 0.2) is 0 Å². The maximum absolute atomic E-state index is 8.93. The maximum atomic E-state index is 8.93. The van der Waals surface area contributed by atoms with Crippen LogP contribution in [0.1, 0.15) is 41.5 Å². The fourth-order valence-corrected chi connectivity index (χ4v) is 0. The average Bonchev–Trinajstić information content (AvgIpc) is 2.23. The molecule has 0 aromatic carbocycles. The molecule has 0 amide bonds. The summed E-state index contributed by atoms with van der Waals surface area (Å²) in [4.78, 5) is 0. The molecule has 0 aromatic rings. The van der Waals surface area contributed by atoms with Gasteiger partial charge >= 0.3 is 59.5 Å². The largest absolute Gasteiger partial charge is 4.00 e. The molecule has 0 saturated carbocycles. The molecule has 0 aliphatic rings. The molecular formula is C12H30CaO6Ti. The first-order chi connectivity index (χ1) is 8.49. The van der Waals surface area contributed by atoms with Crippen molar-refractivity contribution < 1.29 is 52.4 Å². The van der Waals surface area contributed by atoms with E-state index in [0.29, 0.717) is 0 Å². The molecule has 0 aliphatic heterocycles. The summed E-state index contributed by atoms with van der Waals surface area (Å²) in [6.07, 6.45) is 0. The maximum Gasteiger partial charge on any atom is 4.00 e. The van der Waals surface area contributed by atoms with Crippen LogP contribution in [-0.4, -0.2) is 77.4 Å². The van der Waals surface area contributed by atoms with Crippen molar-refractivity contribution in [2.75, 3.05) is 39.6 Å². The quantitative estimate of drug-likeness (QED) is 0.403. The summed E-state index contributed by atoms with van der Waals surface area (Å²) in [7, 11) is 0. The molecule has 0 aromatic heterocycles. The van der Waals surface area contributed by atoms with Crippen molar-refractivity contribution >= 4 is 37.7 Å². The van der Waals surface area contributed by atoms with Gasteiger partial charge in [0.2, 0.25) is 0 Å². The van der Waals surface area contributed by atoms with Gasteiger partial charge in [-0.3, -0.25) is 0 Å². The van der Waals surface area contributed by atoms with Crippen LogP contribution in [0.25, 0.3) is 0 Å². The number of hydrogen-bond acceptors (Lipinski definition) is 6. The van der Waals surface area contributed by atoms with E-state index in [1.807, 2.05) is 0 Å². The van der Waals surface area contributed by atoms with Gasteiger partial charge in [0, 0.05) is 0 Å². The average molecular weight is 358 g/mol. The summed E-state index contributed by atoms with van der Waals surface area (Å²) in [5, 5.41) is 53.6. The SMILES string of the molecule is CC[O-].CC[O-].CC[O-].CC[O-].CC[O-].CC[O-].[Ca+2].[Ti+4]. The third-order valence-corrected chi connectivity index (χ3v) is 0. The van der Waals surface area contributed by atoms with Crippen molar-refractivity contribution in [3.05, 3.63) is 0 Å². The van der Waals surface area contributed by atoms with Gasteiger partial charge in [-0.25, -0.2) is 0 Å². The normalized spacial score (nSPS) is 5.40. The fraction of sp³-hybridized carbons (Fsp3) is 1.00. The van der Waals surface area contributed by atoms with E-state index in [1.54, 1.807) is 41.5 Å². The first-order valence-corrected chi connectivity index (χ1v) is 5.97. The summed E-state index contributed by atoms with van der Waals surface area (Å²) in [6.45, 7) is 9.42. The minimum atomic E-state index is 0. The van der Waals surface area contributed by atoms with Crippen LogP contribution in [0, 0.1) is 0 Å². The smallest absolute Gasteiger partial charge is 0.855 e. The van der Waals surface area contributed by atoms with E-state index >= 15 is 0 Å². The molecule has 0 radical (unpaired) electrons. The van der Waals surface area contributed by atoms with Crippen LogP contribution < -0.4 is 30.6 Å². The molecule has 20 heavy (non-hydrogen) atoms. The molecule has 120 valence electrons. The molecule has 0 heterocycles. The second-order valence-corrected chi connectivity index (χ2v) is 1.73. The Balaban J connectivity index is -0.0000000141. The molecule has 0 N–H and O–H groups in total. The molecule has 0 spiro atoms. The monoisotopic (exact) mass is 358 g/mol. The van der Waals surface area contributed by atoms with Crippen LogP contribution in [0.2, 0.25) is 0 Å². The third kappa shape index (κ3) is 2300. The Hall–Kier alpha value is 1.73. The second kappa shape index (κ2) is 135. The Kier molecular flexibility index (Phi) is 334. The standard InChI is InChI=1S/6C2H5O.Ca.Ti/c6*1-2-3;;/h6*2H2,1H3;;/q6*-1;+2;+4. The van der Waals surface area contributed by atoms with Crippen molar-refractivity contribution in [2.24, 2.45) is 0 Å². The third-order valence-electron chi connectivity index (χ3n) is 0. The van der Waals surface area contributed by atoms with E-state index in [9.17, 15) is 0 Å². The van der Waals surface area contributed by atoms with Gasteiger partial charge in [0.25, 0.3) is 0 Å². The molecule has 0 fully saturated rings. The summed E-state index contributed by atoms with van der Waals surface area (Å²) in [6, 6.07) is 0. The van der Waals surface area contributed by atoms with Gasteiger partial charge in [0.1, 0.15) is 0 Å². The van der Waals surface area contributed by atoms with Gasteiger partial charge in [-0.2, -0.15) is 0 Å². The molecule has 0 saturated heterocycles. The van der Waals surface area contributed by atoms with Crippen molar-refractivity contribution in [3.63, 3.8) is 0 Å². The number of rotatable bonds is 0. The van der Waals surface area contributed by atoms with Crippen molar-refractivity contribution in [3.8, 4) is 0 Å². The zero-order valence-corrected chi connectivity index (χ0v) is 17.7. The Bertz CT molecular complexity index is 43.4. The zero-order valence-electron chi connectivity index (χ0n) is 13.9. The predicted molar refractivity (Wildman–Crippen MR) is 69.0 cm³/mol. The Morgan fingerprint density at radius 1 is 0.400 bits per heavy atom. The van der Waals surface area contributed by atoms with E-state index in [-0.39, 0.29) is 99.1 Å². The first-order valence-electron chi connectivity index (χ1n) is 5.97. The Morgan fingerprint density at radius 3 is 0.400 bits per heavy atom. The van der Waals surface area contributed by atoms with E-state index in [0.717, 1.165) is 0 Å². The Labute approximate surface area is 170 Å². The van der Waals surface area contributed by atoms with Crippen LogP contribution in [-0.2, 0) is 21.7 Å². The molecule has 8 heteroatoms.